The van der Waals surface area contributed by atoms with Crippen molar-refractivity contribution in [2.45, 2.75) is 44.8 Å². The molecule has 84 valence electrons. The van der Waals surface area contributed by atoms with Gasteiger partial charge < -0.3 is 9.84 Å². The van der Waals surface area contributed by atoms with Gasteiger partial charge in [-0.3, -0.25) is 4.79 Å². The van der Waals surface area contributed by atoms with Crippen LogP contribution in [0.3, 0.4) is 0 Å². The molecule has 1 saturated heterocycles. The molecule has 15 heavy (non-hydrogen) atoms. The monoisotopic (exact) mass is 210 g/mol. The molecule has 0 spiro atoms. The van der Waals surface area contributed by atoms with E-state index < -0.39 is 6.10 Å². The minimum absolute atomic E-state index is 0.130. The number of aliphatic hydroxyl groups is 1. The van der Waals surface area contributed by atoms with E-state index in [0.717, 1.165) is 12.8 Å². The molecule has 1 fully saturated rings. The van der Waals surface area contributed by atoms with Crippen molar-refractivity contribution in [1.82, 2.24) is 0 Å². The van der Waals surface area contributed by atoms with E-state index in [-0.39, 0.29) is 18.5 Å². The molecular formula is C12H18O3. The Labute approximate surface area is 90.4 Å². The summed E-state index contributed by atoms with van der Waals surface area (Å²) in [6.45, 7) is 5.63. The molecule has 1 heterocycles. The smallest absolute Gasteiger partial charge is 0.308 e. The van der Waals surface area contributed by atoms with Gasteiger partial charge in [0.05, 0.1) is 12.5 Å². The molecule has 0 aromatic heterocycles. The van der Waals surface area contributed by atoms with Gasteiger partial charge in [-0.25, -0.2) is 0 Å². The molecule has 0 unspecified atom stereocenters. The number of hydrogen-bond donors (Lipinski definition) is 1. The van der Waals surface area contributed by atoms with Crippen LogP contribution < -0.4 is 0 Å². The fourth-order valence-corrected chi connectivity index (χ4v) is 1.71. The zero-order valence-corrected chi connectivity index (χ0v) is 9.11. The van der Waals surface area contributed by atoms with Gasteiger partial charge in [0.2, 0.25) is 0 Å². The number of cyclic esters (lactones) is 1. The van der Waals surface area contributed by atoms with E-state index >= 15 is 0 Å². The fourth-order valence-electron chi connectivity index (χ4n) is 1.71. The SMILES string of the molecule is C=C/C=C(\C)CC[C@H]1C[C@H](O)CC(=O)O1. The number of ether oxygens (including phenoxy) is 1. The van der Waals surface area contributed by atoms with Crippen LogP contribution >= 0.6 is 0 Å². The molecule has 1 N–H and O–H groups in total. The highest BCUT2D eigenvalue weighted by molar-refractivity contribution is 5.70. The molecule has 0 radical (unpaired) electrons. The number of aliphatic hydroxyl groups excluding tert-OH is 1. The number of hydrogen-bond acceptors (Lipinski definition) is 3. The Morgan fingerprint density at radius 1 is 1.73 bits per heavy atom. The predicted molar refractivity (Wildman–Crippen MR) is 58.3 cm³/mol. The highest BCUT2D eigenvalue weighted by Crippen LogP contribution is 2.20. The Morgan fingerprint density at radius 3 is 3.07 bits per heavy atom. The Balaban J connectivity index is 2.35. The van der Waals surface area contributed by atoms with Crippen LogP contribution in [-0.4, -0.2) is 23.3 Å². The van der Waals surface area contributed by atoms with Crippen molar-refractivity contribution in [1.29, 1.82) is 0 Å². The van der Waals surface area contributed by atoms with Crippen molar-refractivity contribution >= 4 is 5.97 Å². The lowest BCUT2D eigenvalue weighted by molar-refractivity contribution is -0.160. The lowest BCUT2D eigenvalue weighted by Crippen LogP contribution is -2.32. The Kier molecular flexibility index (Phi) is 4.56. The standard InChI is InChI=1S/C12H18O3/c1-3-4-9(2)5-6-11-7-10(13)8-12(14)15-11/h3-4,10-11,13H,1,5-8H2,2H3/b9-4+/t10-,11-/m0/s1. The number of rotatable bonds is 4. The average molecular weight is 210 g/mol. The average Bonchev–Trinajstić information content (AvgIpc) is 2.14. The van der Waals surface area contributed by atoms with Crippen LogP contribution in [-0.2, 0) is 9.53 Å². The molecule has 0 aromatic carbocycles. The summed E-state index contributed by atoms with van der Waals surface area (Å²) >= 11 is 0. The molecule has 0 saturated carbocycles. The molecule has 0 amide bonds. The zero-order valence-electron chi connectivity index (χ0n) is 9.11. The quantitative estimate of drug-likeness (QED) is 0.570. The third-order valence-electron chi connectivity index (χ3n) is 2.50. The molecule has 0 aliphatic carbocycles. The van der Waals surface area contributed by atoms with Crippen molar-refractivity contribution in [3.63, 3.8) is 0 Å². The van der Waals surface area contributed by atoms with Gasteiger partial charge in [-0.15, -0.1) is 0 Å². The van der Waals surface area contributed by atoms with E-state index in [4.69, 9.17) is 4.74 Å². The van der Waals surface area contributed by atoms with Crippen molar-refractivity contribution in [3.8, 4) is 0 Å². The molecule has 1 aliphatic heterocycles. The number of carbonyl (C=O) groups is 1. The highest BCUT2D eigenvalue weighted by atomic mass is 16.5. The number of esters is 1. The van der Waals surface area contributed by atoms with E-state index in [1.807, 2.05) is 13.0 Å². The van der Waals surface area contributed by atoms with Gasteiger partial charge in [0.15, 0.2) is 0 Å². The Morgan fingerprint density at radius 2 is 2.47 bits per heavy atom. The van der Waals surface area contributed by atoms with Crippen molar-refractivity contribution in [2.24, 2.45) is 0 Å². The van der Waals surface area contributed by atoms with Crippen molar-refractivity contribution in [2.75, 3.05) is 0 Å². The summed E-state index contributed by atoms with van der Waals surface area (Å²) in [7, 11) is 0. The molecule has 0 aromatic rings. The summed E-state index contributed by atoms with van der Waals surface area (Å²) < 4.78 is 5.13. The van der Waals surface area contributed by atoms with Gasteiger partial charge in [-0.05, 0) is 19.8 Å². The van der Waals surface area contributed by atoms with Gasteiger partial charge in [0.25, 0.3) is 0 Å². The third-order valence-corrected chi connectivity index (χ3v) is 2.50. The van der Waals surface area contributed by atoms with Gasteiger partial charge in [0.1, 0.15) is 6.10 Å². The molecule has 1 aliphatic rings. The summed E-state index contributed by atoms with van der Waals surface area (Å²) in [5.41, 5.74) is 1.21. The second-order valence-electron chi connectivity index (χ2n) is 3.99. The fraction of sp³-hybridized carbons (Fsp3) is 0.583. The zero-order chi connectivity index (χ0) is 11.3. The summed E-state index contributed by atoms with van der Waals surface area (Å²) in [4.78, 5) is 11.0. The summed E-state index contributed by atoms with van der Waals surface area (Å²) in [6.07, 6.45) is 5.38. The molecular weight excluding hydrogens is 192 g/mol. The predicted octanol–water partition coefficient (Wildman–Crippen LogP) is 1.97. The maximum Gasteiger partial charge on any atom is 0.308 e. The maximum absolute atomic E-state index is 11.0. The molecule has 2 atom stereocenters. The van der Waals surface area contributed by atoms with E-state index in [0.29, 0.717) is 6.42 Å². The summed E-state index contributed by atoms with van der Waals surface area (Å²) in [5, 5.41) is 9.39. The van der Waals surface area contributed by atoms with Crippen LogP contribution in [0.25, 0.3) is 0 Å². The largest absolute Gasteiger partial charge is 0.462 e. The van der Waals surface area contributed by atoms with Gasteiger partial charge in [-0.1, -0.05) is 24.3 Å². The van der Waals surface area contributed by atoms with Crippen LogP contribution in [0.15, 0.2) is 24.3 Å². The Bertz CT molecular complexity index is 268. The second kappa shape index (κ2) is 5.71. The first-order chi connectivity index (χ1) is 7.11. The first-order valence-corrected chi connectivity index (χ1v) is 5.27. The topological polar surface area (TPSA) is 46.5 Å². The minimum Gasteiger partial charge on any atom is -0.462 e. The van der Waals surface area contributed by atoms with E-state index in [9.17, 15) is 9.90 Å². The molecule has 3 heteroatoms. The van der Waals surface area contributed by atoms with Crippen molar-refractivity contribution in [3.05, 3.63) is 24.3 Å². The van der Waals surface area contributed by atoms with Gasteiger partial charge in [-0.2, -0.15) is 0 Å². The number of carbonyl (C=O) groups excluding carboxylic acids is 1. The van der Waals surface area contributed by atoms with Crippen LogP contribution in [0.4, 0.5) is 0 Å². The van der Waals surface area contributed by atoms with Crippen LogP contribution in [0, 0.1) is 0 Å². The first kappa shape index (κ1) is 12.0. The van der Waals surface area contributed by atoms with Crippen LogP contribution in [0.5, 0.6) is 0 Å². The molecule has 0 bridgehead atoms. The third kappa shape index (κ3) is 4.30. The molecule has 3 nitrogen and oxygen atoms in total. The van der Waals surface area contributed by atoms with Crippen LogP contribution in [0.1, 0.15) is 32.6 Å². The van der Waals surface area contributed by atoms with Crippen LogP contribution in [0.2, 0.25) is 0 Å². The first-order valence-electron chi connectivity index (χ1n) is 5.27. The number of allylic oxidation sites excluding steroid dienone is 3. The van der Waals surface area contributed by atoms with E-state index in [2.05, 4.69) is 6.58 Å². The minimum atomic E-state index is -0.528. The van der Waals surface area contributed by atoms with Gasteiger partial charge in [0, 0.05) is 6.42 Å². The highest BCUT2D eigenvalue weighted by Gasteiger charge is 2.26. The lowest BCUT2D eigenvalue weighted by Gasteiger charge is -2.25. The summed E-state index contributed by atoms with van der Waals surface area (Å²) in [5.74, 6) is -0.288. The van der Waals surface area contributed by atoms with E-state index in [1.54, 1.807) is 6.08 Å². The second-order valence-corrected chi connectivity index (χ2v) is 3.99. The maximum atomic E-state index is 11.0. The molecule has 1 rings (SSSR count). The Hall–Kier alpha value is -1.09. The summed E-state index contributed by atoms with van der Waals surface area (Å²) in [6, 6.07) is 0. The van der Waals surface area contributed by atoms with Gasteiger partial charge >= 0.3 is 5.97 Å². The van der Waals surface area contributed by atoms with Crippen molar-refractivity contribution < 1.29 is 14.6 Å². The lowest BCUT2D eigenvalue weighted by atomic mass is 9.99. The normalized spacial score (nSPS) is 27.3. The van der Waals surface area contributed by atoms with E-state index in [1.165, 1.54) is 5.57 Å².